The predicted octanol–water partition coefficient (Wildman–Crippen LogP) is 6.91. The van der Waals surface area contributed by atoms with Crippen LogP contribution >= 0.6 is 7.82 Å². The normalized spacial score (nSPS) is 20.9. The fraction of sp³-hybridized carbons (Fsp3) is 0.333. The zero-order valence-electron chi connectivity index (χ0n) is 16.7. The molecule has 1 N–H and O–H groups in total. The SMILES string of the molecule is O=P1(Oc2ccccc2C(O)(C(F)(F)F)C(F)(F)F)Oc2ccccc2C(C(F)(F)F)(C(F)(F)F)O1. The lowest BCUT2D eigenvalue weighted by Crippen LogP contribution is -2.57. The molecule has 0 aromatic heterocycles. The van der Waals surface area contributed by atoms with Gasteiger partial charge in [0.2, 0.25) is 0 Å². The molecule has 1 unspecified atom stereocenters. The lowest BCUT2D eigenvalue weighted by Gasteiger charge is -2.42. The molecule has 200 valence electrons. The van der Waals surface area contributed by atoms with E-state index in [-0.39, 0.29) is 18.2 Å². The van der Waals surface area contributed by atoms with Crippen molar-refractivity contribution < 1.29 is 75.9 Å². The van der Waals surface area contributed by atoms with E-state index >= 15 is 0 Å². The summed E-state index contributed by atoms with van der Waals surface area (Å²) in [7, 11) is -6.37. The maximum Gasteiger partial charge on any atom is 0.589 e. The molecular weight excluding hydrogens is 555 g/mol. The minimum Gasteiger partial charge on any atom is -0.395 e. The Morgan fingerprint density at radius 1 is 0.750 bits per heavy atom. The maximum absolute atomic E-state index is 13.8. The summed E-state index contributed by atoms with van der Waals surface area (Å²) in [4.78, 5) is 0. The fourth-order valence-corrected chi connectivity index (χ4v) is 4.78. The zero-order chi connectivity index (χ0) is 27.6. The van der Waals surface area contributed by atoms with Gasteiger partial charge >= 0.3 is 32.5 Å². The van der Waals surface area contributed by atoms with Crippen molar-refractivity contribution >= 4 is 7.82 Å². The van der Waals surface area contributed by atoms with Crippen LogP contribution in [0.5, 0.6) is 11.5 Å². The summed E-state index contributed by atoms with van der Waals surface area (Å²) >= 11 is 0. The van der Waals surface area contributed by atoms with E-state index in [0.29, 0.717) is 24.3 Å². The Bertz CT molecular complexity index is 1160. The van der Waals surface area contributed by atoms with Crippen molar-refractivity contribution in [2.45, 2.75) is 35.9 Å². The Morgan fingerprint density at radius 2 is 1.22 bits per heavy atom. The van der Waals surface area contributed by atoms with Crippen molar-refractivity contribution in [1.82, 2.24) is 0 Å². The molecule has 18 heteroatoms. The van der Waals surface area contributed by atoms with Crippen LogP contribution < -0.4 is 9.05 Å². The quantitative estimate of drug-likeness (QED) is 0.324. The van der Waals surface area contributed by atoms with Crippen LogP contribution in [-0.2, 0) is 20.3 Å². The molecule has 2 aromatic carbocycles. The monoisotopic (exact) mass is 564 g/mol. The number of fused-ring (bicyclic) bond motifs is 1. The Balaban J connectivity index is 2.25. The molecule has 0 saturated carbocycles. The molecule has 0 spiro atoms. The van der Waals surface area contributed by atoms with Crippen molar-refractivity contribution in [1.29, 1.82) is 0 Å². The number of alkyl halides is 12. The molecule has 0 saturated heterocycles. The van der Waals surface area contributed by atoms with Gasteiger partial charge in [0.15, 0.2) is 0 Å². The molecule has 5 nitrogen and oxygen atoms in total. The highest BCUT2D eigenvalue weighted by molar-refractivity contribution is 7.49. The highest BCUT2D eigenvalue weighted by atomic mass is 31.2. The van der Waals surface area contributed by atoms with Crippen molar-refractivity contribution in [3.8, 4) is 11.5 Å². The summed E-state index contributed by atoms with van der Waals surface area (Å²) in [5.74, 6) is -3.29. The third kappa shape index (κ3) is 4.16. The van der Waals surface area contributed by atoms with E-state index in [0.717, 1.165) is 6.07 Å². The standard InChI is InChI=1S/C18H9F12O5P/c19-15(20,21)13(31,16(22,23)24)9-5-1-3-7-11(9)33-36(32)34-12-8-4-2-6-10(12)14(35-36,17(25,26)27)18(28,29)30/h1-8,31H. The summed E-state index contributed by atoms with van der Waals surface area (Å²) < 4.78 is 188. The minimum atomic E-state index is -6.54. The number of phosphoric acid groups is 1. The lowest BCUT2D eigenvalue weighted by atomic mass is 9.91. The molecular formula is C18H9F12O5P. The summed E-state index contributed by atoms with van der Waals surface area (Å²) in [6.45, 7) is 0. The highest BCUT2D eigenvalue weighted by Crippen LogP contribution is 2.68. The van der Waals surface area contributed by atoms with E-state index in [9.17, 15) is 62.4 Å². The molecule has 0 bridgehead atoms. The first-order chi connectivity index (χ1) is 16.1. The van der Waals surface area contributed by atoms with E-state index in [1.165, 1.54) is 0 Å². The van der Waals surface area contributed by atoms with Crippen LogP contribution in [0.15, 0.2) is 48.5 Å². The first-order valence-corrected chi connectivity index (χ1v) is 10.4. The Hall–Kier alpha value is -2.65. The lowest BCUT2D eigenvalue weighted by molar-refractivity contribution is -0.376. The van der Waals surface area contributed by atoms with E-state index in [1.54, 1.807) is 0 Å². The van der Waals surface area contributed by atoms with Gasteiger partial charge in [-0.3, -0.25) is 0 Å². The van der Waals surface area contributed by atoms with Gasteiger partial charge in [0, 0.05) is 11.1 Å². The molecule has 1 aliphatic heterocycles. The summed E-state index contributed by atoms with van der Waals surface area (Å²) in [6, 6.07) is 3.43. The number of hydrogen-bond donors (Lipinski definition) is 1. The van der Waals surface area contributed by atoms with Crippen LogP contribution in [0.3, 0.4) is 0 Å². The van der Waals surface area contributed by atoms with Crippen molar-refractivity contribution in [2.75, 3.05) is 0 Å². The van der Waals surface area contributed by atoms with E-state index in [4.69, 9.17) is 0 Å². The second-order valence-electron chi connectivity index (χ2n) is 7.10. The Labute approximate surface area is 191 Å². The van der Waals surface area contributed by atoms with Crippen LogP contribution in [-0.4, -0.2) is 29.8 Å². The van der Waals surface area contributed by atoms with Gasteiger partial charge in [-0.05, 0) is 12.1 Å². The summed E-state index contributed by atoms with van der Waals surface area (Å²) in [5.41, 5.74) is -15.2. The largest absolute Gasteiger partial charge is 0.589 e. The van der Waals surface area contributed by atoms with Crippen LogP contribution in [0.25, 0.3) is 0 Å². The van der Waals surface area contributed by atoms with Gasteiger partial charge in [0.05, 0.1) is 0 Å². The number of hydrogen-bond acceptors (Lipinski definition) is 5. The number of phosphoric ester groups is 1. The third-order valence-electron chi connectivity index (χ3n) is 4.83. The molecule has 1 atom stereocenters. The number of halogens is 12. The average molecular weight is 564 g/mol. The van der Waals surface area contributed by atoms with Gasteiger partial charge < -0.3 is 14.2 Å². The van der Waals surface area contributed by atoms with E-state index < -0.39 is 66.4 Å². The van der Waals surface area contributed by atoms with Gasteiger partial charge in [-0.25, -0.2) is 9.09 Å². The fourth-order valence-electron chi connectivity index (χ4n) is 3.23. The number of aliphatic hydroxyl groups is 1. The zero-order valence-corrected chi connectivity index (χ0v) is 17.6. The predicted molar refractivity (Wildman–Crippen MR) is 92.6 cm³/mol. The van der Waals surface area contributed by atoms with Gasteiger partial charge in [-0.1, -0.05) is 36.4 Å². The van der Waals surface area contributed by atoms with E-state index in [1.807, 2.05) is 0 Å². The van der Waals surface area contributed by atoms with Crippen LogP contribution in [0, 0.1) is 0 Å². The average Bonchev–Trinajstić information content (AvgIpc) is 2.69. The molecule has 2 aromatic rings. The van der Waals surface area contributed by atoms with Crippen LogP contribution in [0.2, 0.25) is 0 Å². The molecule has 0 radical (unpaired) electrons. The Kier molecular flexibility index (Phi) is 6.35. The molecule has 1 aliphatic rings. The van der Waals surface area contributed by atoms with Crippen molar-refractivity contribution in [3.63, 3.8) is 0 Å². The van der Waals surface area contributed by atoms with Gasteiger partial charge in [0.25, 0.3) is 11.2 Å². The molecule has 1 heterocycles. The second kappa shape index (κ2) is 8.18. The molecule has 0 fully saturated rings. The summed E-state index contributed by atoms with van der Waals surface area (Å²) in [5, 5.41) is 9.61. The molecule has 36 heavy (non-hydrogen) atoms. The second-order valence-corrected chi connectivity index (χ2v) is 8.54. The highest BCUT2D eigenvalue weighted by Gasteiger charge is 2.79. The minimum absolute atomic E-state index is 0.0544. The molecule has 3 rings (SSSR count). The summed E-state index contributed by atoms with van der Waals surface area (Å²) in [6.07, 6.45) is -26.0. The topological polar surface area (TPSA) is 65.0 Å². The first kappa shape index (κ1) is 27.9. The van der Waals surface area contributed by atoms with Crippen molar-refractivity contribution in [3.05, 3.63) is 59.7 Å². The Morgan fingerprint density at radius 3 is 1.72 bits per heavy atom. The number of para-hydroxylation sites is 2. The van der Waals surface area contributed by atoms with Crippen LogP contribution in [0.1, 0.15) is 11.1 Å². The molecule has 0 aliphatic carbocycles. The maximum atomic E-state index is 13.8. The number of benzene rings is 2. The van der Waals surface area contributed by atoms with Crippen LogP contribution in [0.4, 0.5) is 52.7 Å². The smallest absolute Gasteiger partial charge is 0.395 e. The van der Waals surface area contributed by atoms with Crippen molar-refractivity contribution in [2.24, 2.45) is 0 Å². The van der Waals surface area contributed by atoms with Gasteiger partial charge in [-0.2, -0.15) is 52.7 Å². The van der Waals surface area contributed by atoms with Gasteiger partial charge in [0.1, 0.15) is 11.5 Å². The third-order valence-corrected chi connectivity index (χ3v) is 6.17. The van der Waals surface area contributed by atoms with E-state index in [2.05, 4.69) is 13.6 Å². The number of rotatable bonds is 3. The molecule has 0 amide bonds. The van der Waals surface area contributed by atoms with Gasteiger partial charge in [-0.15, -0.1) is 0 Å². The first-order valence-electron chi connectivity index (χ1n) is 8.99.